The molecule has 4 rings (SSSR count). The first-order valence-corrected chi connectivity index (χ1v) is 13.2. The number of nitrogens with one attached hydrogen (secondary N) is 1. The van der Waals surface area contributed by atoms with Crippen molar-refractivity contribution >= 4 is 15.9 Å². The molecule has 6 nitrogen and oxygen atoms in total. The Labute approximate surface area is 184 Å². The molecule has 1 aromatic carbocycles. The quantitative estimate of drug-likeness (QED) is 0.690. The average Bonchev–Trinajstić information content (AvgIpc) is 3.51. The minimum atomic E-state index is -3.40. The van der Waals surface area contributed by atoms with Gasteiger partial charge in [0, 0.05) is 19.7 Å². The Morgan fingerprint density at radius 3 is 2.45 bits per heavy atom. The monoisotopic (exact) mass is 452 g/mol. The Kier molecular flexibility index (Phi) is 6.70. The molecule has 0 radical (unpaired) electrons. The second kappa shape index (κ2) is 9.16. The Bertz CT molecular complexity index is 867. The molecular weight excluding hydrogens is 419 g/mol. The Morgan fingerprint density at radius 1 is 1.16 bits per heavy atom. The lowest BCUT2D eigenvalue weighted by Crippen LogP contribution is -2.57. The zero-order valence-electron chi connectivity index (χ0n) is 18.1. The molecule has 1 amide bonds. The number of hydrogen-bond acceptors (Lipinski definition) is 4. The van der Waals surface area contributed by atoms with E-state index in [0.29, 0.717) is 31.4 Å². The van der Waals surface area contributed by atoms with Crippen LogP contribution in [0.2, 0.25) is 0 Å². The number of benzene rings is 1. The SMILES string of the molecule is CS(=O)(=O)N[C@H]1CCN(C(=O)C2(F)CC2)C[C@H]1OCC1CCC(c2ccccc2)CC1. The summed E-state index contributed by atoms with van der Waals surface area (Å²) in [4.78, 5) is 14.0. The molecule has 1 aromatic rings. The summed E-state index contributed by atoms with van der Waals surface area (Å²) in [6.45, 7) is 1.12. The standard InChI is InChI=1S/C23H33FN2O4S/c1-31(28,29)25-20-11-14-26(22(27)23(24)12-13-23)15-21(20)30-16-17-7-9-19(10-8-17)18-5-3-2-4-6-18/h2-6,17,19-21,25H,7-16H2,1H3/t17?,19?,20-,21+/m0/s1. The number of likely N-dealkylation sites (tertiary alicyclic amines) is 1. The van der Waals surface area contributed by atoms with Crippen LogP contribution in [0.5, 0.6) is 0 Å². The normalized spacial score (nSPS) is 30.7. The Morgan fingerprint density at radius 2 is 1.84 bits per heavy atom. The van der Waals surface area contributed by atoms with Crippen molar-refractivity contribution in [2.45, 2.75) is 68.7 Å². The average molecular weight is 453 g/mol. The van der Waals surface area contributed by atoms with Gasteiger partial charge in [-0.15, -0.1) is 0 Å². The first kappa shape index (κ1) is 22.7. The van der Waals surface area contributed by atoms with E-state index in [1.807, 2.05) is 6.07 Å². The maximum atomic E-state index is 14.3. The van der Waals surface area contributed by atoms with Crippen molar-refractivity contribution in [1.29, 1.82) is 0 Å². The number of alkyl halides is 1. The predicted molar refractivity (Wildman–Crippen MR) is 117 cm³/mol. The summed E-state index contributed by atoms with van der Waals surface area (Å²) < 4.78 is 46.7. The van der Waals surface area contributed by atoms with Crippen LogP contribution in [0.15, 0.2) is 30.3 Å². The van der Waals surface area contributed by atoms with E-state index in [0.717, 1.165) is 31.9 Å². The van der Waals surface area contributed by atoms with E-state index in [4.69, 9.17) is 4.74 Å². The van der Waals surface area contributed by atoms with E-state index in [9.17, 15) is 17.6 Å². The molecule has 0 aromatic heterocycles. The number of sulfonamides is 1. The molecule has 1 saturated heterocycles. The van der Waals surface area contributed by atoms with Gasteiger partial charge in [-0.1, -0.05) is 30.3 Å². The first-order chi connectivity index (χ1) is 14.7. The van der Waals surface area contributed by atoms with Gasteiger partial charge in [0.05, 0.1) is 18.4 Å². The van der Waals surface area contributed by atoms with Crippen LogP contribution in [0.4, 0.5) is 4.39 Å². The van der Waals surface area contributed by atoms with Crippen molar-refractivity contribution in [3.8, 4) is 0 Å². The van der Waals surface area contributed by atoms with Crippen LogP contribution in [0.25, 0.3) is 0 Å². The number of piperidine rings is 1. The van der Waals surface area contributed by atoms with Gasteiger partial charge in [-0.25, -0.2) is 17.5 Å². The summed E-state index contributed by atoms with van der Waals surface area (Å²) >= 11 is 0. The van der Waals surface area contributed by atoms with Gasteiger partial charge < -0.3 is 9.64 Å². The molecule has 8 heteroatoms. The third kappa shape index (κ3) is 5.84. The lowest BCUT2D eigenvalue weighted by atomic mass is 9.79. The van der Waals surface area contributed by atoms with Crippen molar-refractivity contribution in [3.63, 3.8) is 0 Å². The fourth-order valence-corrected chi connectivity index (χ4v) is 5.75. The van der Waals surface area contributed by atoms with Gasteiger partial charge in [-0.3, -0.25) is 4.79 Å². The molecular formula is C23H33FN2O4S. The van der Waals surface area contributed by atoms with Gasteiger partial charge in [0.15, 0.2) is 5.67 Å². The third-order valence-corrected chi connectivity index (χ3v) is 7.68. The minimum absolute atomic E-state index is 0.233. The molecule has 1 heterocycles. The molecule has 31 heavy (non-hydrogen) atoms. The number of carbonyl (C=O) groups is 1. The van der Waals surface area contributed by atoms with Crippen LogP contribution < -0.4 is 4.72 Å². The molecule has 2 atom stereocenters. The van der Waals surface area contributed by atoms with Crippen LogP contribution in [-0.2, 0) is 19.6 Å². The smallest absolute Gasteiger partial charge is 0.260 e. The summed E-state index contributed by atoms with van der Waals surface area (Å²) in [5, 5.41) is 0. The largest absolute Gasteiger partial charge is 0.374 e. The van der Waals surface area contributed by atoms with Crippen LogP contribution in [0.1, 0.15) is 56.4 Å². The lowest BCUT2D eigenvalue weighted by Gasteiger charge is -2.40. The summed E-state index contributed by atoms with van der Waals surface area (Å²) in [6.07, 6.45) is 6.02. The summed E-state index contributed by atoms with van der Waals surface area (Å²) in [6, 6.07) is 10.2. The zero-order chi connectivity index (χ0) is 22.1. The molecule has 3 fully saturated rings. The highest BCUT2D eigenvalue weighted by molar-refractivity contribution is 7.88. The number of hydrogen-bond donors (Lipinski definition) is 1. The molecule has 3 aliphatic rings. The van der Waals surface area contributed by atoms with E-state index in [1.165, 1.54) is 10.5 Å². The molecule has 172 valence electrons. The van der Waals surface area contributed by atoms with Crippen LogP contribution in [0.3, 0.4) is 0 Å². The van der Waals surface area contributed by atoms with Gasteiger partial charge >= 0.3 is 0 Å². The molecule has 0 unspecified atom stereocenters. The van der Waals surface area contributed by atoms with Crippen molar-refractivity contribution in [3.05, 3.63) is 35.9 Å². The highest BCUT2D eigenvalue weighted by Crippen LogP contribution is 2.42. The highest BCUT2D eigenvalue weighted by Gasteiger charge is 2.53. The highest BCUT2D eigenvalue weighted by atomic mass is 32.2. The first-order valence-electron chi connectivity index (χ1n) is 11.4. The third-order valence-electron chi connectivity index (χ3n) is 6.95. The van der Waals surface area contributed by atoms with E-state index in [-0.39, 0.29) is 19.4 Å². The molecule has 2 saturated carbocycles. The molecule has 1 N–H and O–H groups in total. The van der Waals surface area contributed by atoms with E-state index >= 15 is 0 Å². The van der Waals surface area contributed by atoms with Crippen molar-refractivity contribution in [2.24, 2.45) is 5.92 Å². The Hall–Kier alpha value is -1.51. The molecule has 2 aliphatic carbocycles. The predicted octanol–water partition coefficient (Wildman–Crippen LogP) is 3.00. The number of rotatable bonds is 7. The number of nitrogens with zero attached hydrogens (tertiary/aromatic N) is 1. The van der Waals surface area contributed by atoms with Gasteiger partial charge in [0.25, 0.3) is 5.91 Å². The second-order valence-corrected chi connectivity index (χ2v) is 11.3. The van der Waals surface area contributed by atoms with Crippen LogP contribution >= 0.6 is 0 Å². The number of carbonyl (C=O) groups excluding carboxylic acids is 1. The number of amides is 1. The van der Waals surface area contributed by atoms with Gasteiger partial charge in [-0.05, 0) is 62.3 Å². The summed E-state index contributed by atoms with van der Waals surface area (Å²) in [5.41, 5.74) is -0.321. The molecule has 0 spiro atoms. The number of ether oxygens (including phenoxy) is 1. The molecule has 0 bridgehead atoms. The lowest BCUT2D eigenvalue weighted by molar-refractivity contribution is -0.143. The Balaban J connectivity index is 1.33. The van der Waals surface area contributed by atoms with Crippen LogP contribution in [0, 0.1) is 5.92 Å². The van der Waals surface area contributed by atoms with Gasteiger partial charge in [0.1, 0.15) is 0 Å². The molecule has 1 aliphatic heterocycles. The second-order valence-electron chi connectivity index (χ2n) is 9.50. The van der Waals surface area contributed by atoms with E-state index < -0.39 is 33.7 Å². The maximum Gasteiger partial charge on any atom is 0.260 e. The van der Waals surface area contributed by atoms with Crippen molar-refractivity contribution in [2.75, 3.05) is 26.0 Å². The maximum absolute atomic E-state index is 14.3. The van der Waals surface area contributed by atoms with Crippen molar-refractivity contribution in [1.82, 2.24) is 9.62 Å². The van der Waals surface area contributed by atoms with Crippen molar-refractivity contribution < 1.29 is 22.3 Å². The fraction of sp³-hybridized carbons (Fsp3) is 0.696. The topological polar surface area (TPSA) is 75.7 Å². The summed E-state index contributed by atoms with van der Waals surface area (Å²) in [5.74, 6) is 0.530. The van der Waals surface area contributed by atoms with E-state index in [1.54, 1.807) is 0 Å². The zero-order valence-corrected chi connectivity index (χ0v) is 19.0. The van der Waals surface area contributed by atoms with E-state index in [2.05, 4.69) is 29.0 Å². The van der Waals surface area contributed by atoms with Gasteiger partial charge in [-0.2, -0.15) is 0 Å². The number of halogens is 1. The minimum Gasteiger partial charge on any atom is -0.374 e. The van der Waals surface area contributed by atoms with Crippen LogP contribution in [-0.4, -0.2) is 63.0 Å². The summed E-state index contributed by atoms with van der Waals surface area (Å²) in [7, 11) is -3.40. The van der Waals surface area contributed by atoms with Gasteiger partial charge in [0.2, 0.25) is 10.0 Å². The fourth-order valence-electron chi connectivity index (χ4n) is 4.93.